The van der Waals surface area contributed by atoms with Crippen LogP contribution in [0.4, 0.5) is 26.3 Å². The van der Waals surface area contributed by atoms with Gasteiger partial charge in [-0.1, -0.05) is 74.5 Å². The lowest BCUT2D eigenvalue weighted by molar-refractivity contribution is -0.293. The number of alkyl halides is 6. The van der Waals surface area contributed by atoms with Crippen LogP contribution >= 0.6 is 0 Å². The minimum Gasteiger partial charge on any atom is -0.310 e. The number of hydrogen-bond acceptors (Lipinski definition) is 3. The summed E-state index contributed by atoms with van der Waals surface area (Å²) >= 11 is 0. The topological polar surface area (TPSA) is 28.0 Å². The Morgan fingerprint density at radius 3 is 1.81 bits per heavy atom. The molecular weight excluding hydrogens is 420 g/mol. The molecule has 3 nitrogen and oxygen atoms in total. The quantitative estimate of drug-likeness (QED) is 0.507. The number of halogens is 6. The number of rotatable bonds is 5. The zero-order valence-electron chi connectivity index (χ0n) is 16.9. The average molecular weight is 441 g/mol. The number of benzene rings is 2. The first-order valence-corrected chi connectivity index (χ1v) is 9.63. The van der Waals surface area contributed by atoms with E-state index in [0.717, 1.165) is 0 Å². The molecule has 0 amide bonds. The van der Waals surface area contributed by atoms with Crippen LogP contribution in [-0.2, 0) is 6.54 Å². The maximum absolute atomic E-state index is 13.9. The SMILES string of the molecule is CC(C)CC1=NC(C(F)(F)F)(C(F)(F)F)N=C(c2ccccc2)N1Cc1ccccc1. The van der Waals surface area contributed by atoms with E-state index in [0.29, 0.717) is 5.56 Å². The van der Waals surface area contributed by atoms with Crippen molar-refractivity contribution < 1.29 is 26.3 Å². The van der Waals surface area contributed by atoms with Crippen LogP contribution in [0.15, 0.2) is 70.6 Å². The zero-order chi connectivity index (χ0) is 22.9. The largest absolute Gasteiger partial charge is 0.443 e. The highest BCUT2D eigenvalue weighted by atomic mass is 19.4. The lowest BCUT2D eigenvalue weighted by Gasteiger charge is -2.40. The fraction of sp³-hybridized carbons (Fsp3) is 0.364. The Morgan fingerprint density at radius 1 is 0.806 bits per heavy atom. The second-order valence-electron chi connectivity index (χ2n) is 7.67. The Bertz CT molecular complexity index is 933. The van der Waals surface area contributed by atoms with E-state index >= 15 is 0 Å². The van der Waals surface area contributed by atoms with Crippen molar-refractivity contribution in [2.75, 3.05) is 0 Å². The smallest absolute Gasteiger partial charge is 0.310 e. The van der Waals surface area contributed by atoms with Gasteiger partial charge >= 0.3 is 18.0 Å². The van der Waals surface area contributed by atoms with Gasteiger partial charge < -0.3 is 4.90 Å². The molecule has 3 rings (SSSR count). The molecule has 0 spiro atoms. The fourth-order valence-electron chi connectivity index (χ4n) is 3.28. The van der Waals surface area contributed by atoms with Crippen LogP contribution in [0.5, 0.6) is 0 Å². The highest BCUT2D eigenvalue weighted by molar-refractivity contribution is 6.10. The van der Waals surface area contributed by atoms with Gasteiger partial charge in [-0.05, 0) is 11.5 Å². The fourth-order valence-corrected chi connectivity index (χ4v) is 3.28. The Kier molecular flexibility index (Phi) is 6.16. The molecule has 9 heteroatoms. The van der Waals surface area contributed by atoms with Gasteiger partial charge in [-0.3, -0.25) is 0 Å². The van der Waals surface area contributed by atoms with Gasteiger partial charge in [-0.25, -0.2) is 9.98 Å². The standard InChI is InChI=1S/C22H21F6N3/c1-15(2)13-18-29-20(21(23,24)25,22(26,27)28)30-19(17-11-7-4-8-12-17)31(18)14-16-9-5-3-6-10-16/h3-12,15H,13-14H2,1-2H3. The summed E-state index contributed by atoms with van der Waals surface area (Å²) in [6.07, 6.45) is -11.6. The molecule has 0 fully saturated rings. The van der Waals surface area contributed by atoms with Crippen molar-refractivity contribution in [3.05, 3.63) is 71.8 Å². The third kappa shape index (κ3) is 4.60. The van der Waals surface area contributed by atoms with Gasteiger partial charge in [0.15, 0.2) is 0 Å². The van der Waals surface area contributed by atoms with E-state index < -0.39 is 23.9 Å². The van der Waals surface area contributed by atoms with E-state index in [1.54, 1.807) is 50.2 Å². The minimum absolute atomic E-state index is 0.0336. The van der Waals surface area contributed by atoms with E-state index in [4.69, 9.17) is 0 Å². The molecule has 1 aliphatic heterocycles. The van der Waals surface area contributed by atoms with Crippen molar-refractivity contribution >= 4 is 11.7 Å². The number of amidine groups is 2. The summed E-state index contributed by atoms with van der Waals surface area (Å²) in [5.74, 6) is -0.946. The predicted molar refractivity (Wildman–Crippen MR) is 107 cm³/mol. The molecule has 31 heavy (non-hydrogen) atoms. The van der Waals surface area contributed by atoms with E-state index in [2.05, 4.69) is 9.98 Å². The summed E-state index contributed by atoms with van der Waals surface area (Å²) < 4.78 is 83.4. The molecule has 0 atom stereocenters. The maximum atomic E-state index is 13.9. The lowest BCUT2D eigenvalue weighted by Crippen LogP contribution is -2.59. The first-order chi connectivity index (χ1) is 14.4. The predicted octanol–water partition coefficient (Wildman–Crippen LogP) is 6.21. The third-order valence-electron chi connectivity index (χ3n) is 4.72. The first-order valence-electron chi connectivity index (χ1n) is 9.63. The molecule has 1 aliphatic rings. The molecular formula is C22H21F6N3. The zero-order valence-corrected chi connectivity index (χ0v) is 16.9. The number of hydrogen-bond donors (Lipinski definition) is 0. The van der Waals surface area contributed by atoms with E-state index in [1.807, 2.05) is 0 Å². The summed E-state index contributed by atoms with van der Waals surface area (Å²) in [5, 5.41) is 0. The molecule has 0 aromatic heterocycles. The van der Waals surface area contributed by atoms with Crippen molar-refractivity contribution in [2.45, 2.75) is 44.8 Å². The van der Waals surface area contributed by atoms with Crippen molar-refractivity contribution in [2.24, 2.45) is 15.9 Å². The van der Waals surface area contributed by atoms with Gasteiger partial charge in [0, 0.05) is 12.0 Å². The molecule has 166 valence electrons. The van der Waals surface area contributed by atoms with Gasteiger partial charge in [-0.15, -0.1) is 0 Å². The lowest BCUT2D eigenvalue weighted by atomic mass is 10.0. The molecule has 0 bridgehead atoms. The van der Waals surface area contributed by atoms with E-state index in [-0.39, 0.29) is 30.3 Å². The Labute approximate surface area is 176 Å². The third-order valence-corrected chi connectivity index (χ3v) is 4.72. The van der Waals surface area contributed by atoms with Gasteiger partial charge in [0.1, 0.15) is 11.7 Å². The van der Waals surface area contributed by atoms with Crippen molar-refractivity contribution in [1.82, 2.24) is 4.90 Å². The van der Waals surface area contributed by atoms with Crippen LogP contribution in [0.25, 0.3) is 0 Å². The van der Waals surface area contributed by atoms with Gasteiger partial charge in [0.2, 0.25) is 0 Å². The molecule has 2 aromatic rings. The molecule has 1 heterocycles. The Balaban J connectivity index is 2.27. The van der Waals surface area contributed by atoms with Crippen LogP contribution in [0, 0.1) is 5.92 Å². The molecule has 2 aromatic carbocycles. The highest BCUT2D eigenvalue weighted by Crippen LogP contribution is 2.49. The summed E-state index contributed by atoms with van der Waals surface area (Å²) in [5.41, 5.74) is -3.70. The number of aliphatic imine (C=N–C) groups is 2. The monoisotopic (exact) mass is 441 g/mol. The van der Waals surface area contributed by atoms with E-state index in [9.17, 15) is 26.3 Å². The van der Waals surface area contributed by atoms with Crippen molar-refractivity contribution in [3.63, 3.8) is 0 Å². The van der Waals surface area contributed by atoms with Crippen LogP contribution in [0.3, 0.4) is 0 Å². The van der Waals surface area contributed by atoms with Gasteiger partial charge in [0.25, 0.3) is 0 Å². The summed E-state index contributed by atoms with van der Waals surface area (Å²) in [7, 11) is 0. The molecule has 0 radical (unpaired) electrons. The first kappa shape index (κ1) is 22.8. The summed E-state index contributed by atoms with van der Waals surface area (Å²) in [6, 6.07) is 16.3. The van der Waals surface area contributed by atoms with Crippen LogP contribution in [0.2, 0.25) is 0 Å². The second-order valence-corrected chi connectivity index (χ2v) is 7.67. The van der Waals surface area contributed by atoms with Crippen molar-refractivity contribution in [3.8, 4) is 0 Å². The van der Waals surface area contributed by atoms with Gasteiger partial charge in [0.05, 0.1) is 6.54 Å². The maximum Gasteiger partial charge on any atom is 0.443 e. The molecule has 0 saturated heterocycles. The normalized spacial score (nSPS) is 16.9. The summed E-state index contributed by atoms with van der Waals surface area (Å²) in [4.78, 5) is 7.87. The summed E-state index contributed by atoms with van der Waals surface area (Å²) in [6.45, 7) is 3.45. The van der Waals surface area contributed by atoms with Crippen molar-refractivity contribution in [1.29, 1.82) is 0 Å². The minimum atomic E-state index is -5.76. The molecule has 0 aliphatic carbocycles. The molecule has 0 saturated carbocycles. The molecule has 0 N–H and O–H groups in total. The Morgan fingerprint density at radius 2 is 1.32 bits per heavy atom. The average Bonchev–Trinajstić information content (AvgIpc) is 2.68. The molecule has 0 unspecified atom stereocenters. The van der Waals surface area contributed by atoms with Crippen LogP contribution in [0.1, 0.15) is 31.4 Å². The number of nitrogens with zero attached hydrogens (tertiary/aromatic N) is 3. The second kappa shape index (κ2) is 8.36. The van der Waals surface area contributed by atoms with Crippen LogP contribution < -0.4 is 0 Å². The van der Waals surface area contributed by atoms with E-state index in [1.165, 1.54) is 29.2 Å². The van der Waals surface area contributed by atoms with Crippen LogP contribution in [-0.4, -0.2) is 34.6 Å². The highest BCUT2D eigenvalue weighted by Gasteiger charge is 2.73. The Hall–Kier alpha value is -2.84. The van der Waals surface area contributed by atoms with Gasteiger partial charge in [-0.2, -0.15) is 26.3 Å².